The number of nitrogen functional groups attached to an aromatic ring is 1. The largest absolute Gasteiger partial charge is 0.397 e. The Kier molecular flexibility index (Phi) is 2.49. The molecule has 4 heteroatoms. The summed E-state index contributed by atoms with van der Waals surface area (Å²) in [6.45, 7) is 1.26. The summed E-state index contributed by atoms with van der Waals surface area (Å²) in [6, 6.07) is 5.90. The Balaban J connectivity index is 2.24. The molecule has 0 radical (unpaired) electrons. The van der Waals surface area contributed by atoms with Crippen molar-refractivity contribution in [2.75, 3.05) is 30.8 Å². The Bertz CT molecular complexity index is 389. The number of nitrogens with one attached hydrogen (secondary N) is 1. The van der Waals surface area contributed by atoms with Gasteiger partial charge in [0.05, 0.1) is 17.9 Å². The normalized spacial score (nSPS) is 13.8. The standard InChI is InChI=1S/C11H15N3O/c1-13-10(15)7-14-6-5-8-3-2-4-9(12)11(8)14/h2-4H,5-7,12H2,1H3,(H,13,15). The quantitative estimate of drug-likeness (QED) is 0.686. The summed E-state index contributed by atoms with van der Waals surface area (Å²) in [4.78, 5) is 13.3. The maximum absolute atomic E-state index is 11.3. The van der Waals surface area contributed by atoms with Gasteiger partial charge in [-0.05, 0) is 18.1 Å². The molecule has 1 amide bonds. The molecule has 0 saturated carbocycles. The lowest BCUT2D eigenvalue weighted by Gasteiger charge is -2.19. The highest BCUT2D eigenvalue weighted by atomic mass is 16.1. The molecule has 1 aromatic carbocycles. The van der Waals surface area contributed by atoms with E-state index in [2.05, 4.69) is 11.4 Å². The van der Waals surface area contributed by atoms with Crippen LogP contribution in [-0.2, 0) is 11.2 Å². The molecule has 0 unspecified atom stereocenters. The van der Waals surface area contributed by atoms with Gasteiger partial charge in [0.15, 0.2) is 0 Å². The molecule has 0 fully saturated rings. The maximum Gasteiger partial charge on any atom is 0.239 e. The van der Waals surface area contributed by atoms with Crippen LogP contribution in [0.5, 0.6) is 0 Å². The third-order valence-electron chi connectivity index (χ3n) is 2.73. The van der Waals surface area contributed by atoms with E-state index in [0.717, 1.165) is 24.3 Å². The average Bonchev–Trinajstić information content (AvgIpc) is 2.63. The predicted octanol–water partition coefficient (Wildman–Crippen LogP) is 0.377. The molecule has 0 aromatic heterocycles. The number of anilines is 2. The van der Waals surface area contributed by atoms with E-state index >= 15 is 0 Å². The van der Waals surface area contributed by atoms with Crippen molar-refractivity contribution in [1.82, 2.24) is 5.32 Å². The zero-order chi connectivity index (χ0) is 10.8. The van der Waals surface area contributed by atoms with Crippen LogP contribution in [0.3, 0.4) is 0 Å². The van der Waals surface area contributed by atoms with Crippen molar-refractivity contribution in [3.63, 3.8) is 0 Å². The lowest BCUT2D eigenvalue weighted by Crippen LogP contribution is -2.34. The van der Waals surface area contributed by atoms with E-state index in [1.807, 2.05) is 17.0 Å². The van der Waals surface area contributed by atoms with E-state index in [1.54, 1.807) is 7.05 Å². The number of para-hydroxylation sites is 1. The summed E-state index contributed by atoms with van der Waals surface area (Å²) in [5.74, 6) is 0.0195. The second kappa shape index (κ2) is 3.81. The summed E-state index contributed by atoms with van der Waals surface area (Å²) >= 11 is 0. The number of carbonyl (C=O) groups is 1. The van der Waals surface area contributed by atoms with Gasteiger partial charge in [0.1, 0.15) is 0 Å². The monoisotopic (exact) mass is 205 g/mol. The Labute approximate surface area is 89.1 Å². The Morgan fingerprint density at radius 1 is 1.60 bits per heavy atom. The number of rotatable bonds is 2. The Hall–Kier alpha value is -1.71. The summed E-state index contributed by atoms with van der Waals surface area (Å²) in [6.07, 6.45) is 0.970. The van der Waals surface area contributed by atoms with Gasteiger partial charge in [-0.15, -0.1) is 0 Å². The Morgan fingerprint density at radius 3 is 3.13 bits per heavy atom. The molecule has 1 aromatic rings. The van der Waals surface area contributed by atoms with Gasteiger partial charge >= 0.3 is 0 Å². The van der Waals surface area contributed by atoms with Gasteiger partial charge in [-0.3, -0.25) is 4.79 Å². The first kappa shape index (κ1) is 9.83. The molecule has 2 rings (SSSR count). The molecule has 0 spiro atoms. The van der Waals surface area contributed by atoms with Gasteiger partial charge in [-0.2, -0.15) is 0 Å². The summed E-state index contributed by atoms with van der Waals surface area (Å²) in [5, 5.41) is 2.62. The van der Waals surface area contributed by atoms with Crippen molar-refractivity contribution in [2.45, 2.75) is 6.42 Å². The number of fused-ring (bicyclic) bond motifs is 1. The van der Waals surface area contributed by atoms with Crippen LogP contribution in [0, 0.1) is 0 Å². The summed E-state index contributed by atoms with van der Waals surface area (Å²) in [5.41, 5.74) is 8.93. The van der Waals surface area contributed by atoms with E-state index in [1.165, 1.54) is 5.56 Å². The minimum absolute atomic E-state index is 0.0195. The average molecular weight is 205 g/mol. The fraction of sp³-hybridized carbons (Fsp3) is 0.364. The van der Waals surface area contributed by atoms with Gasteiger partial charge in [-0.1, -0.05) is 12.1 Å². The van der Waals surface area contributed by atoms with Crippen LogP contribution in [0.25, 0.3) is 0 Å². The lowest BCUT2D eigenvalue weighted by atomic mass is 10.1. The third kappa shape index (κ3) is 1.75. The first-order valence-corrected chi connectivity index (χ1v) is 5.05. The number of likely N-dealkylation sites (N-methyl/N-ethyl adjacent to an activating group) is 1. The first-order valence-electron chi connectivity index (χ1n) is 5.05. The summed E-state index contributed by atoms with van der Waals surface area (Å²) in [7, 11) is 1.65. The first-order chi connectivity index (χ1) is 7.22. The van der Waals surface area contributed by atoms with E-state index in [0.29, 0.717) is 6.54 Å². The topological polar surface area (TPSA) is 58.4 Å². The van der Waals surface area contributed by atoms with E-state index in [-0.39, 0.29) is 5.91 Å². The Morgan fingerprint density at radius 2 is 2.40 bits per heavy atom. The minimum atomic E-state index is 0.0195. The van der Waals surface area contributed by atoms with Crippen molar-refractivity contribution in [3.05, 3.63) is 23.8 Å². The third-order valence-corrected chi connectivity index (χ3v) is 2.73. The number of amides is 1. The molecule has 0 saturated heterocycles. The number of nitrogens with zero attached hydrogens (tertiary/aromatic N) is 1. The number of benzene rings is 1. The van der Waals surface area contributed by atoms with Crippen molar-refractivity contribution in [2.24, 2.45) is 0 Å². The molecule has 1 aliphatic heterocycles. The minimum Gasteiger partial charge on any atom is -0.397 e. The van der Waals surface area contributed by atoms with E-state index < -0.39 is 0 Å². The zero-order valence-corrected chi connectivity index (χ0v) is 8.79. The van der Waals surface area contributed by atoms with Gasteiger partial charge in [0, 0.05) is 13.6 Å². The maximum atomic E-state index is 11.3. The van der Waals surface area contributed by atoms with Gasteiger partial charge in [0.25, 0.3) is 0 Å². The van der Waals surface area contributed by atoms with E-state index in [9.17, 15) is 4.79 Å². The summed E-state index contributed by atoms with van der Waals surface area (Å²) < 4.78 is 0. The molecular formula is C11H15N3O. The molecule has 1 heterocycles. The van der Waals surface area contributed by atoms with Crippen LogP contribution in [0.15, 0.2) is 18.2 Å². The fourth-order valence-electron chi connectivity index (χ4n) is 1.98. The highest BCUT2D eigenvalue weighted by molar-refractivity contribution is 5.84. The smallest absolute Gasteiger partial charge is 0.239 e. The molecule has 0 atom stereocenters. The second-order valence-electron chi connectivity index (χ2n) is 3.70. The zero-order valence-electron chi connectivity index (χ0n) is 8.79. The van der Waals surface area contributed by atoms with Gasteiger partial charge < -0.3 is 16.0 Å². The van der Waals surface area contributed by atoms with Crippen molar-refractivity contribution in [1.29, 1.82) is 0 Å². The van der Waals surface area contributed by atoms with Crippen LogP contribution >= 0.6 is 0 Å². The highest BCUT2D eigenvalue weighted by Gasteiger charge is 2.22. The van der Waals surface area contributed by atoms with Crippen LogP contribution in [0.2, 0.25) is 0 Å². The molecule has 1 aliphatic rings. The van der Waals surface area contributed by atoms with Crippen molar-refractivity contribution >= 4 is 17.3 Å². The van der Waals surface area contributed by atoms with Crippen LogP contribution in [0.1, 0.15) is 5.56 Å². The second-order valence-corrected chi connectivity index (χ2v) is 3.70. The predicted molar refractivity (Wildman–Crippen MR) is 60.8 cm³/mol. The van der Waals surface area contributed by atoms with Crippen molar-refractivity contribution in [3.8, 4) is 0 Å². The van der Waals surface area contributed by atoms with E-state index in [4.69, 9.17) is 5.73 Å². The van der Waals surface area contributed by atoms with Crippen LogP contribution in [0.4, 0.5) is 11.4 Å². The highest BCUT2D eigenvalue weighted by Crippen LogP contribution is 2.32. The molecule has 4 nitrogen and oxygen atoms in total. The molecule has 0 aliphatic carbocycles. The molecule has 3 N–H and O–H groups in total. The number of hydrogen-bond acceptors (Lipinski definition) is 3. The molecule has 15 heavy (non-hydrogen) atoms. The molecule has 0 bridgehead atoms. The SMILES string of the molecule is CNC(=O)CN1CCc2cccc(N)c21. The van der Waals surface area contributed by atoms with Crippen LogP contribution < -0.4 is 16.0 Å². The number of hydrogen-bond donors (Lipinski definition) is 2. The van der Waals surface area contributed by atoms with Gasteiger partial charge in [-0.25, -0.2) is 0 Å². The lowest BCUT2D eigenvalue weighted by molar-refractivity contribution is -0.119. The van der Waals surface area contributed by atoms with Crippen molar-refractivity contribution < 1.29 is 4.79 Å². The molecule has 80 valence electrons. The van der Waals surface area contributed by atoms with Crippen LogP contribution in [-0.4, -0.2) is 26.0 Å². The number of carbonyl (C=O) groups excluding carboxylic acids is 1. The van der Waals surface area contributed by atoms with Gasteiger partial charge in [0.2, 0.25) is 5.91 Å². The number of nitrogens with two attached hydrogens (primary N) is 1. The molecular weight excluding hydrogens is 190 g/mol. The fourth-order valence-corrected chi connectivity index (χ4v) is 1.98.